The van der Waals surface area contributed by atoms with Crippen molar-refractivity contribution in [2.75, 3.05) is 9.80 Å². The lowest BCUT2D eigenvalue weighted by Crippen LogP contribution is -2.14. The van der Waals surface area contributed by atoms with Crippen LogP contribution in [0.15, 0.2) is 261 Å². The third kappa shape index (κ3) is 6.70. The normalized spacial score (nSPS) is 11.4. The van der Waals surface area contributed by atoms with Crippen LogP contribution in [-0.2, 0) is 0 Å². The molecule has 0 unspecified atom stereocenters. The topological polar surface area (TPSA) is 11.4 Å². The van der Waals surface area contributed by atoms with E-state index in [4.69, 9.17) is 0 Å². The summed E-state index contributed by atoms with van der Waals surface area (Å²) in [5.74, 6) is 0. The lowest BCUT2D eigenvalue weighted by Gasteiger charge is -2.33. The van der Waals surface area contributed by atoms with E-state index >= 15 is 0 Å². The summed E-state index contributed by atoms with van der Waals surface area (Å²) in [7, 11) is 0. The fourth-order valence-electron chi connectivity index (χ4n) is 9.79. The maximum atomic E-state index is 2.49. The molecule has 0 aliphatic carbocycles. The van der Waals surface area contributed by atoms with E-state index < -0.39 is 0 Å². The number of para-hydroxylation sites is 5. The largest absolute Gasteiger partial charge is 0.309 e. The van der Waals surface area contributed by atoms with Crippen LogP contribution >= 0.6 is 0 Å². The number of benzene rings is 11. The molecule has 65 heavy (non-hydrogen) atoms. The Labute approximate surface area is 378 Å². The van der Waals surface area contributed by atoms with Crippen molar-refractivity contribution in [1.82, 2.24) is 4.57 Å². The molecule has 1 heterocycles. The predicted octanol–water partition coefficient (Wildman–Crippen LogP) is 17.4. The molecule has 3 nitrogen and oxygen atoms in total. The van der Waals surface area contributed by atoms with Crippen LogP contribution in [0.1, 0.15) is 0 Å². The average molecular weight is 830 g/mol. The highest BCUT2D eigenvalue weighted by atomic mass is 15.2. The molecule has 306 valence electrons. The lowest BCUT2D eigenvalue weighted by atomic mass is 9.91. The van der Waals surface area contributed by atoms with Gasteiger partial charge in [0.15, 0.2) is 0 Å². The Hall–Kier alpha value is -8.66. The second-order valence-corrected chi connectivity index (χ2v) is 16.5. The van der Waals surface area contributed by atoms with Gasteiger partial charge < -0.3 is 14.4 Å². The Bertz CT molecular complexity index is 3590. The number of nitrogens with zero attached hydrogens (tertiary/aromatic N) is 3. The van der Waals surface area contributed by atoms with Crippen LogP contribution in [0.3, 0.4) is 0 Å². The van der Waals surface area contributed by atoms with E-state index in [0.29, 0.717) is 0 Å². The lowest BCUT2D eigenvalue weighted by molar-refractivity contribution is 1.18. The monoisotopic (exact) mass is 829 g/mol. The Morgan fingerprint density at radius 2 is 0.631 bits per heavy atom. The van der Waals surface area contributed by atoms with Crippen molar-refractivity contribution in [3.8, 4) is 27.9 Å². The van der Waals surface area contributed by atoms with Crippen molar-refractivity contribution in [2.45, 2.75) is 0 Å². The van der Waals surface area contributed by atoms with Crippen LogP contribution in [0, 0.1) is 0 Å². The second kappa shape index (κ2) is 16.2. The molecular weight excluding hydrogens is 787 g/mol. The Balaban J connectivity index is 1.23. The van der Waals surface area contributed by atoms with Crippen molar-refractivity contribution in [3.05, 3.63) is 261 Å². The highest BCUT2D eigenvalue weighted by molar-refractivity contribution is 6.24. The molecule has 0 spiro atoms. The van der Waals surface area contributed by atoms with E-state index in [2.05, 4.69) is 275 Å². The number of hydrogen-bond donors (Lipinski definition) is 0. The molecule has 0 atom stereocenters. The minimum Gasteiger partial charge on any atom is -0.309 e. The molecule has 0 radical (unpaired) electrons. The van der Waals surface area contributed by atoms with Gasteiger partial charge in [-0.05, 0) is 107 Å². The first-order valence-electron chi connectivity index (χ1n) is 22.3. The summed E-state index contributed by atoms with van der Waals surface area (Å²) < 4.78 is 2.39. The molecular formula is C62H43N3. The van der Waals surface area contributed by atoms with Gasteiger partial charge in [-0.3, -0.25) is 0 Å². The minimum absolute atomic E-state index is 1.08. The van der Waals surface area contributed by atoms with Crippen molar-refractivity contribution in [3.63, 3.8) is 0 Å². The molecule has 0 N–H and O–H groups in total. The van der Waals surface area contributed by atoms with E-state index in [9.17, 15) is 0 Å². The van der Waals surface area contributed by atoms with Gasteiger partial charge in [0, 0.05) is 60.8 Å². The summed E-state index contributed by atoms with van der Waals surface area (Å²) in [6.07, 6.45) is 0. The fourth-order valence-corrected chi connectivity index (χ4v) is 9.79. The standard InChI is InChI=1S/C62H43N3/c1-7-21-44(22-8-1)46-36-39-55-57(41-46)61(63(48-25-11-3-12-26-48)49-27-13-4-14-28-49)54-38-35-47(45-23-9-2-10-24-45)42-58(54)62(55)64(50-29-15-5-16-30-50)52-37-40-60-56(43-52)53-33-19-20-34-59(53)65(60)51-31-17-6-18-32-51/h1-43H. The van der Waals surface area contributed by atoms with Gasteiger partial charge >= 0.3 is 0 Å². The first kappa shape index (κ1) is 38.0. The van der Waals surface area contributed by atoms with Crippen molar-refractivity contribution < 1.29 is 0 Å². The van der Waals surface area contributed by atoms with E-state index in [-0.39, 0.29) is 0 Å². The zero-order valence-electron chi connectivity index (χ0n) is 35.7. The molecule has 3 heteroatoms. The summed E-state index contributed by atoms with van der Waals surface area (Å²) in [4.78, 5) is 4.94. The molecule has 12 aromatic rings. The van der Waals surface area contributed by atoms with Crippen LogP contribution in [0.4, 0.5) is 34.1 Å². The number of aromatic nitrogens is 1. The first-order valence-corrected chi connectivity index (χ1v) is 22.3. The number of hydrogen-bond acceptors (Lipinski definition) is 2. The molecule has 0 fully saturated rings. The zero-order chi connectivity index (χ0) is 43.1. The Morgan fingerprint density at radius 1 is 0.231 bits per heavy atom. The van der Waals surface area contributed by atoms with Gasteiger partial charge in [0.2, 0.25) is 0 Å². The average Bonchev–Trinajstić information content (AvgIpc) is 3.72. The van der Waals surface area contributed by atoms with E-state index in [0.717, 1.165) is 72.5 Å². The summed E-state index contributed by atoms with van der Waals surface area (Å²) in [6.45, 7) is 0. The van der Waals surface area contributed by atoms with Gasteiger partial charge in [-0.2, -0.15) is 0 Å². The Kier molecular flexibility index (Phi) is 9.50. The molecule has 0 amide bonds. The molecule has 12 rings (SSSR count). The highest BCUT2D eigenvalue weighted by Crippen LogP contribution is 2.53. The van der Waals surface area contributed by atoms with Gasteiger partial charge in [-0.15, -0.1) is 0 Å². The van der Waals surface area contributed by atoms with Gasteiger partial charge in [-0.25, -0.2) is 0 Å². The number of rotatable bonds is 9. The van der Waals surface area contributed by atoms with Crippen LogP contribution in [-0.4, -0.2) is 4.57 Å². The maximum absolute atomic E-state index is 2.49. The summed E-state index contributed by atoms with van der Waals surface area (Å²) >= 11 is 0. The zero-order valence-corrected chi connectivity index (χ0v) is 35.7. The SMILES string of the molecule is c1ccc(-c2ccc3c(N(c4ccccc4)c4ccc5c(c4)c4ccccc4n5-c4ccccc4)c4cc(-c5ccccc5)ccc4c(N(c4ccccc4)c4ccccc4)c3c2)cc1. The molecule has 0 aliphatic rings. The van der Waals surface area contributed by atoms with Crippen molar-refractivity contribution in [2.24, 2.45) is 0 Å². The minimum atomic E-state index is 1.08. The molecule has 0 saturated carbocycles. The third-order valence-corrected chi connectivity index (χ3v) is 12.7. The molecule has 11 aromatic carbocycles. The maximum Gasteiger partial charge on any atom is 0.0620 e. The van der Waals surface area contributed by atoms with Gasteiger partial charge in [0.25, 0.3) is 0 Å². The molecule has 0 bridgehead atoms. The van der Waals surface area contributed by atoms with Crippen LogP contribution in [0.25, 0.3) is 71.3 Å². The Morgan fingerprint density at radius 3 is 1.12 bits per heavy atom. The van der Waals surface area contributed by atoms with E-state index in [1.807, 2.05) is 0 Å². The summed E-state index contributed by atoms with van der Waals surface area (Å²) in [6, 6.07) is 94.6. The third-order valence-electron chi connectivity index (χ3n) is 12.7. The number of anilines is 6. The van der Waals surface area contributed by atoms with E-state index in [1.54, 1.807) is 0 Å². The van der Waals surface area contributed by atoms with Gasteiger partial charge in [-0.1, -0.05) is 176 Å². The second-order valence-electron chi connectivity index (χ2n) is 16.5. The van der Waals surface area contributed by atoms with Crippen molar-refractivity contribution in [1.29, 1.82) is 0 Å². The van der Waals surface area contributed by atoms with Gasteiger partial charge in [0.05, 0.1) is 22.4 Å². The van der Waals surface area contributed by atoms with Crippen LogP contribution in [0.2, 0.25) is 0 Å². The number of fused-ring (bicyclic) bond motifs is 5. The smallest absolute Gasteiger partial charge is 0.0620 e. The molecule has 0 aliphatic heterocycles. The highest BCUT2D eigenvalue weighted by Gasteiger charge is 2.27. The molecule has 1 aromatic heterocycles. The summed E-state index contributed by atoms with van der Waals surface area (Å²) in [5.41, 5.74) is 14.7. The first-order chi connectivity index (χ1) is 32.3. The molecule has 0 saturated heterocycles. The fraction of sp³-hybridized carbons (Fsp3) is 0. The van der Waals surface area contributed by atoms with Crippen LogP contribution in [0.5, 0.6) is 0 Å². The van der Waals surface area contributed by atoms with Gasteiger partial charge in [0.1, 0.15) is 0 Å². The summed E-state index contributed by atoms with van der Waals surface area (Å²) in [5, 5.41) is 7.00. The van der Waals surface area contributed by atoms with Crippen molar-refractivity contribution >= 4 is 77.5 Å². The van der Waals surface area contributed by atoms with E-state index in [1.165, 1.54) is 32.9 Å². The predicted molar refractivity (Wildman–Crippen MR) is 276 cm³/mol. The van der Waals surface area contributed by atoms with Crippen LogP contribution < -0.4 is 9.80 Å². The quantitative estimate of drug-likeness (QED) is 0.106.